The first kappa shape index (κ1) is 14.7. The van der Waals surface area contributed by atoms with E-state index in [-0.39, 0.29) is 5.82 Å². The van der Waals surface area contributed by atoms with E-state index in [4.69, 9.17) is 0 Å². The highest BCUT2D eigenvalue weighted by atomic mass is 19.1. The molecule has 4 nitrogen and oxygen atoms in total. The van der Waals surface area contributed by atoms with Gasteiger partial charge in [0.15, 0.2) is 0 Å². The lowest BCUT2D eigenvalue weighted by molar-refractivity contribution is 0.254. The van der Waals surface area contributed by atoms with Crippen molar-refractivity contribution < 1.29 is 4.39 Å². The Morgan fingerprint density at radius 3 is 2.95 bits per heavy atom. The van der Waals surface area contributed by atoms with Gasteiger partial charge < -0.3 is 10.2 Å². The molecule has 3 heterocycles. The van der Waals surface area contributed by atoms with E-state index in [1.54, 1.807) is 6.07 Å². The summed E-state index contributed by atoms with van der Waals surface area (Å²) in [4.78, 5) is 9.27. The molecule has 5 heteroatoms. The van der Waals surface area contributed by atoms with Gasteiger partial charge in [-0.1, -0.05) is 6.92 Å². The van der Waals surface area contributed by atoms with Gasteiger partial charge in [0.25, 0.3) is 0 Å². The van der Waals surface area contributed by atoms with E-state index >= 15 is 0 Å². The lowest BCUT2D eigenvalue weighted by Gasteiger charge is -2.28. The van der Waals surface area contributed by atoms with Crippen LogP contribution in [0, 0.1) is 5.82 Å². The molecule has 0 amide bonds. The molecule has 2 saturated heterocycles. The highest BCUT2D eigenvalue weighted by Crippen LogP contribution is 2.31. The molecule has 1 N–H and O–H groups in total. The summed E-state index contributed by atoms with van der Waals surface area (Å²) in [5.41, 5.74) is 0.970. The molecule has 116 valence electrons. The second-order valence-electron chi connectivity index (χ2n) is 6.20. The lowest BCUT2D eigenvalue weighted by atomic mass is 10.1. The Morgan fingerprint density at radius 1 is 1.33 bits per heavy atom. The molecule has 2 aliphatic heterocycles. The maximum absolute atomic E-state index is 13.5. The van der Waals surface area contributed by atoms with Gasteiger partial charge in [-0.15, -0.1) is 0 Å². The normalized spacial score (nSPS) is 26.1. The molecule has 2 aliphatic rings. The van der Waals surface area contributed by atoms with Gasteiger partial charge in [-0.2, -0.15) is 0 Å². The smallest absolute Gasteiger partial charge is 0.141 e. The minimum atomic E-state index is -0.250. The third kappa shape index (κ3) is 3.04. The number of aromatic nitrogens is 1. The Bertz CT molecular complexity index is 493. The summed E-state index contributed by atoms with van der Waals surface area (Å²) in [6.45, 7) is 5.64. The van der Waals surface area contributed by atoms with E-state index in [0.29, 0.717) is 18.6 Å². The van der Waals surface area contributed by atoms with E-state index in [1.165, 1.54) is 25.5 Å². The van der Waals surface area contributed by atoms with Crippen LogP contribution in [0.1, 0.15) is 31.7 Å². The summed E-state index contributed by atoms with van der Waals surface area (Å²) in [6, 6.07) is 2.94. The van der Waals surface area contributed by atoms with Crippen LogP contribution in [-0.2, 0) is 6.54 Å². The van der Waals surface area contributed by atoms with Crippen LogP contribution in [-0.4, -0.2) is 48.6 Å². The third-order valence-electron chi connectivity index (χ3n) is 4.92. The standard InChI is InChI=1S/C16H25FN4/c1-3-18-9-12-8-13(17)10-19-16(12)21-7-6-14-4-5-15(11-21)20(14)2/h8,10,14-15,18H,3-7,9,11H2,1-2H3. The van der Waals surface area contributed by atoms with Crippen molar-refractivity contribution in [1.29, 1.82) is 0 Å². The fraction of sp³-hybridized carbons (Fsp3) is 0.688. The molecule has 0 saturated carbocycles. The van der Waals surface area contributed by atoms with Crippen LogP contribution in [0.4, 0.5) is 10.2 Å². The number of hydrogen-bond donors (Lipinski definition) is 1. The van der Waals surface area contributed by atoms with Gasteiger partial charge in [0.05, 0.1) is 6.20 Å². The minimum absolute atomic E-state index is 0.250. The molecule has 1 aromatic heterocycles. The van der Waals surface area contributed by atoms with Crippen molar-refractivity contribution >= 4 is 5.82 Å². The predicted octanol–water partition coefficient (Wildman–Crippen LogP) is 2.00. The average molecular weight is 292 g/mol. The van der Waals surface area contributed by atoms with E-state index in [9.17, 15) is 4.39 Å². The number of hydrogen-bond acceptors (Lipinski definition) is 4. The quantitative estimate of drug-likeness (QED) is 0.920. The van der Waals surface area contributed by atoms with Gasteiger partial charge in [0.1, 0.15) is 11.6 Å². The van der Waals surface area contributed by atoms with Gasteiger partial charge in [0, 0.05) is 37.3 Å². The van der Waals surface area contributed by atoms with Crippen LogP contribution in [0.25, 0.3) is 0 Å². The Hall–Kier alpha value is -1.20. The number of nitrogens with one attached hydrogen (secondary N) is 1. The molecule has 0 radical (unpaired) electrons. The van der Waals surface area contributed by atoms with E-state index in [2.05, 4.69) is 34.1 Å². The van der Waals surface area contributed by atoms with Crippen molar-refractivity contribution in [3.63, 3.8) is 0 Å². The zero-order chi connectivity index (χ0) is 14.8. The van der Waals surface area contributed by atoms with Crippen LogP contribution in [0.5, 0.6) is 0 Å². The number of fused-ring (bicyclic) bond motifs is 2. The summed E-state index contributed by atoms with van der Waals surface area (Å²) >= 11 is 0. The van der Waals surface area contributed by atoms with Gasteiger partial charge in [-0.3, -0.25) is 4.90 Å². The van der Waals surface area contributed by atoms with E-state index in [0.717, 1.165) is 31.0 Å². The van der Waals surface area contributed by atoms with Crippen LogP contribution in [0.15, 0.2) is 12.3 Å². The first-order chi connectivity index (χ1) is 10.2. The first-order valence-electron chi connectivity index (χ1n) is 8.01. The van der Waals surface area contributed by atoms with Crippen molar-refractivity contribution in [2.75, 3.05) is 31.6 Å². The lowest BCUT2D eigenvalue weighted by Crippen LogP contribution is -2.37. The van der Waals surface area contributed by atoms with Crippen molar-refractivity contribution in [2.45, 2.75) is 44.8 Å². The molecule has 21 heavy (non-hydrogen) atoms. The van der Waals surface area contributed by atoms with E-state index < -0.39 is 0 Å². The molecular formula is C16H25FN4. The fourth-order valence-corrected chi connectivity index (χ4v) is 3.65. The summed E-state index contributed by atoms with van der Waals surface area (Å²) < 4.78 is 13.5. The van der Waals surface area contributed by atoms with Gasteiger partial charge in [-0.25, -0.2) is 9.37 Å². The van der Waals surface area contributed by atoms with Crippen molar-refractivity contribution in [1.82, 2.24) is 15.2 Å². The molecule has 0 spiro atoms. The summed E-state index contributed by atoms with van der Waals surface area (Å²) in [6.07, 6.45) is 5.10. The Balaban J connectivity index is 1.82. The number of pyridine rings is 1. The van der Waals surface area contributed by atoms with Crippen molar-refractivity contribution in [2.24, 2.45) is 0 Å². The van der Waals surface area contributed by atoms with Crippen LogP contribution >= 0.6 is 0 Å². The van der Waals surface area contributed by atoms with Crippen LogP contribution in [0.2, 0.25) is 0 Å². The zero-order valence-electron chi connectivity index (χ0n) is 13.0. The van der Waals surface area contributed by atoms with Crippen molar-refractivity contribution in [3.8, 4) is 0 Å². The predicted molar refractivity (Wildman–Crippen MR) is 83.0 cm³/mol. The average Bonchev–Trinajstić information content (AvgIpc) is 2.71. The second kappa shape index (κ2) is 6.28. The fourth-order valence-electron chi connectivity index (χ4n) is 3.65. The highest BCUT2D eigenvalue weighted by Gasteiger charge is 2.35. The molecule has 2 fully saturated rings. The Labute approximate surface area is 126 Å². The molecule has 0 aliphatic carbocycles. The Morgan fingerprint density at radius 2 is 2.14 bits per heavy atom. The van der Waals surface area contributed by atoms with Crippen molar-refractivity contribution in [3.05, 3.63) is 23.6 Å². The molecule has 2 bridgehead atoms. The molecule has 3 rings (SSSR count). The number of likely N-dealkylation sites (N-methyl/N-ethyl adjacent to an activating group) is 1. The molecule has 1 aromatic rings. The summed E-state index contributed by atoms with van der Waals surface area (Å²) in [5.74, 6) is 0.707. The first-order valence-corrected chi connectivity index (χ1v) is 8.01. The van der Waals surface area contributed by atoms with Gasteiger partial charge in [0.2, 0.25) is 0 Å². The SMILES string of the molecule is CCNCc1cc(F)cnc1N1CCC2CCC(C1)N2C. The number of anilines is 1. The molecule has 2 atom stereocenters. The van der Waals surface area contributed by atoms with Crippen LogP contribution in [0.3, 0.4) is 0 Å². The van der Waals surface area contributed by atoms with Gasteiger partial charge in [-0.05, 0) is 38.9 Å². The molecule has 2 unspecified atom stereocenters. The topological polar surface area (TPSA) is 31.4 Å². The maximum Gasteiger partial charge on any atom is 0.141 e. The third-order valence-corrected chi connectivity index (χ3v) is 4.92. The second-order valence-corrected chi connectivity index (χ2v) is 6.20. The number of rotatable bonds is 4. The van der Waals surface area contributed by atoms with Gasteiger partial charge >= 0.3 is 0 Å². The Kier molecular flexibility index (Phi) is 4.40. The highest BCUT2D eigenvalue weighted by molar-refractivity contribution is 5.47. The summed E-state index contributed by atoms with van der Waals surface area (Å²) in [7, 11) is 2.24. The molecular weight excluding hydrogens is 267 g/mol. The van der Waals surface area contributed by atoms with Crippen LogP contribution < -0.4 is 10.2 Å². The summed E-state index contributed by atoms with van der Waals surface area (Å²) in [5, 5.41) is 3.29. The van der Waals surface area contributed by atoms with E-state index in [1.807, 2.05) is 0 Å². The zero-order valence-corrected chi connectivity index (χ0v) is 13.0. The number of nitrogens with zero attached hydrogens (tertiary/aromatic N) is 3. The largest absolute Gasteiger partial charge is 0.355 e. The number of halogens is 1. The molecule has 0 aromatic carbocycles. The monoisotopic (exact) mass is 292 g/mol. The maximum atomic E-state index is 13.5. The minimum Gasteiger partial charge on any atom is -0.355 e.